The summed E-state index contributed by atoms with van der Waals surface area (Å²) in [7, 11) is 4.13. The lowest BCUT2D eigenvalue weighted by molar-refractivity contribution is -0.698. The number of hydrogen-bond acceptors (Lipinski definition) is 0. The predicted molar refractivity (Wildman–Crippen MR) is 69.7 cm³/mol. The lowest BCUT2D eigenvalue weighted by atomic mass is 10.2. The molecular weight excluding hydrogens is 478 g/mol. The molecule has 0 unspecified atom stereocenters. The highest BCUT2D eigenvalue weighted by molar-refractivity contribution is 4.62. The van der Waals surface area contributed by atoms with E-state index >= 15 is 0 Å². The van der Waals surface area contributed by atoms with Crippen molar-refractivity contribution in [2.24, 2.45) is 14.1 Å². The summed E-state index contributed by atoms with van der Waals surface area (Å²) < 4.78 is 8.69. The van der Waals surface area contributed by atoms with E-state index in [4.69, 9.17) is 0 Å². The van der Waals surface area contributed by atoms with Crippen LogP contribution in [0.5, 0.6) is 0 Å². The van der Waals surface area contributed by atoms with Crippen molar-refractivity contribution in [1.82, 2.24) is 9.13 Å². The molecule has 0 saturated carbocycles. The Balaban J connectivity index is 0.00000180. The average Bonchev–Trinajstić information content (AvgIpc) is 2.93. The topological polar surface area (TPSA) is 17.6 Å². The van der Waals surface area contributed by atoms with Gasteiger partial charge in [0, 0.05) is 0 Å². The molecule has 2 aromatic heterocycles. The summed E-state index contributed by atoms with van der Waals surface area (Å²) in [4.78, 5) is 0. The molecule has 0 saturated heterocycles. The van der Waals surface area contributed by atoms with Crippen molar-refractivity contribution < 1.29 is 57.1 Å². The van der Waals surface area contributed by atoms with Gasteiger partial charge in [0.1, 0.15) is 24.8 Å². The smallest absolute Gasteiger partial charge is 0.243 e. The van der Waals surface area contributed by atoms with E-state index in [0.29, 0.717) is 0 Å². The highest BCUT2D eigenvalue weighted by atomic mass is 127. The van der Waals surface area contributed by atoms with Crippen LogP contribution in [0.3, 0.4) is 0 Å². The Bertz CT molecular complexity index is 435. The molecule has 0 aliphatic rings. The molecule has 2 rings (SSSR count). The van der Waals surface area contributed by atoms with Crippen molar-refractivity contribution in [2.75, 3.05) is 0 Å². The summed E-state index contributed by atoms with van der Waals surface area (Å²) in [5, 5.41) is 0. The molecule has 0 atom stereocenters. The van der Waals surface area contributed by atoms with Gasteiger partial charge in [0.15, 0.2) is 0 Å². The van der Waals surface area contributed by atoms with E-state index in [9.17, 15) is 0 Å². The average molecular weight is 502 g/mol. The number of imidazole rings is 2. The third kappa shape index (κ3) is 7.05. The summed E-state index contributed by atoms with van der Waals surface area (Å²) >= 11 is 0. The van der Waals surface area contributed by atoms with Gasteiger partial charge in [-0.25, -0.2) is 18.3 Å². The molecule has 0 amide bonds. The molecule has 0 radical (unpaired) electrons. The second-order valence-electron chi connectivity index (χ2n) is 5.05. The molecular formula is C14H24I2N4. The number of hydrogen-bond donors (Lipinski definition) is 0. The second-order valence-corrected chi connectivity index (χ2v) is 5.05. The fourth-order valence-electron chi connectivity index (χ4n) is 2.21. The first kappa shape index (κ1) is 19.9. The van der Waals surface area contributed by atoms with E-state index in [1.54, 1.807) is 0 Å². The zero-order valence-corrected chi connectivity index (χ0v) is 16.6. The third-order valence-corrected chi connectivity index (χ3v) is 3.23. The number of aromatic nitrogens is 4. The first-order chi connectivity index (χ1) is 8.74. The molecule has 20 heavy (non-hydrogen) atoms. The molecule has 0 fully saturated rings. The normalized spacial score (nSPS) is 9.90. The quantitative estimate of drug-likeness (QED) is 0.206. The van der Waals surface area contributed by atoms with Gasteiger partial charge in [-0.1, -0.05) is 0 Å². The van der Waals surface area contributed by atoms with Crippen molar-refractivity contribution in [3.05, 3.63) is 37.4 Å². The fourth-order valence-corrected chi connectivity index (χ4v) is 2.21. The van der Waals surface area contributed by atoms with E-state index < -0.39 is 0 Å². The van der Waals surface area contributed by atoms with Gasteiger partial charge in [0.05, 0.1) is 27.2 Å². The van der Waals surface area contributed by atoms with Crippen molar-refractivity contribution in [3.63, 3.8) is 0 Å². The maximum atomic E-state index is 2.26. The van der Waals surface area contributed by atoms with Gasteiger partial charge >= 0.3 is 0 Å². The molecule has 0 aromatic carbocycles. The summed E-state index contributed by atoms with van der Waals surface area (Å²) in [6.07, 6.45) is 17.9. The molecule has 0 spiro atoms. The highest BCUT2D eigenvalue weighted by Gasteiger charge is 2.01. The van der Waals surface area contributed by atoms with Crippen LogP contribution in [0.25, 0.3) is 0 Å². The Morgan fingerprint density at radius 3 is 1.40 bits per heavy atom. The van der Waals surface area contributed by atoms with E-state index in [-0.39, 0.29) is 48.0 Å². The number of nitrogens with zero attached hydrogens (tertiary/aromatic N) is 4. The molecule has 2 heterocycles. The minimum Gasteiger partial charge on any atom is -1.00 e. The second kappa shape index (κ2) is 10.6. The molecule has 0 N–H and O–H groups in total. The molecule has 0 aliphatic heterocycles. The third-order valence-electron chi connectivity index (χ3n) is 3.23. The van der Waals surface area contributed by atoms with Crippen LogP contribution in [0.15, 0.2) is 37.4 Å². The van der Waals surface area contributed by atoms with Gasteiger partial charge in [0.2, 0.25) is 12.7 Å². The maximum absolute atomic E-state index is 2.26. The van der Waals surface area contributed by atoms with Crippen molar-refractivity contribution in [2.45, 2.75) is 38.8 Å². The van der Waals surface area contributed by atoms with Gasteiger partial charge in [-0.2, -0.15) is 0 Å². The van der Waals surface area contributed by atoms with E-state index in [1.165, 1.54) is 25.7 Å². The van der Waals surface area contributed by atoms with Gasteiger partial charge in [0.25, 0.3) is 0 Å². The maximum Gasteiger partial charge on any atom is 0.243 e. The Hall–Kier alpha value is -0.120. The molecule has 4 nitrogen and oxygen atoms in total. The number of aryl methyl sites for hydroxylation is 4. The molecule has 6 heteroatoms. The van der Waals surface area contributed by atoms with Crippen molar-refractivity contribution in [3.8, 4) is 0 Å². The van der Waals surface area contributed by atoms with Crippen LogP contribution in [-0.4, -0.2) is 9.13 Å². The van der Waals surface area contributed by atoms with Crippen LogP contribution in [-0.2, 0) is 27.2 Å². The summed E-state index contributed by atoms with van der Waals surface area (Å²) in [6.45, 7) is 2.28. The minimum atomic E-state index is 0. The Kier molecular flexibility index (Phi) is 10.5. The standard InChI is InChI=1S/C14H24N4.2HI/c1-15-9-11-17(13-15)7-5-3-4-6-8-18-12-10-16(2)14-18;;/h9-14H,3-8H2,1-2H3;2*1H/q+2;;/p-2. The van der Waals surface area contributed by atoms with Crippen LogP contribution >= 0.6 is 0 Å². The minimum absolute atomic E-state index is 0. The van der Waals surface area contributed by atoms with Crippen molar-refractivity contribution >= 4 is 0 Å². The number of halogens is 2. The SMILES string of the molecule is Cn1cc[n+](CCCCCC[n+]2ccn(C)c2)c1.[I-].[I-]. The van der Waals surface area contributed by atoms with E-state index in [2.05, 4.69) is 69.8 Å². The summed E-state index contributed by atoms with van der Waals surface area (Å²) in [5.74, 6) is 0. The van der Waals surface area contributed by atoms with Crippen LogP contribution in [0.4, 0.5) is 0 Å². The van der Waals surface area contributed by atoms with Crippen LogP contribution in [0.1, 0.15) is 25.7 Å². The summed E-state index contributed by atoms with van der Waals surface area (Å²) in [6, 6.07) is 0. The molecule has 0 aliphatic carbocycles. The Morgan fingerprint density at radius 2 is 1.10 bits per heavy atom. The van der Waals surface area contributed by atoms with Gasteiger partial charge in [-0.15, -0.1) is 0 Å². The monoisotopic (exact) mass is 502 g/mol. The molecule has 114 valence electrons. The molecule has 2 aromatic rings. The van der Waals surface area contributed by atoms with E-state index in [1.807, 2.05) is 0 Å². The van der Waals surface area contributed by atoms with Crippen LogP contribution in [0, 0.1) is 0 Å². The van der Waals surface area contributed by atoms with Crippen LogP contribution < -0.4 is 57.1 Å². The highest BCUT2D eigenvalue weighted by Crippen LogP contribution is 1.99. The first-order valence-electron chi connectivity index (χ1n) is 6.76. The molecule has 0 bridgehead atoms. The zero-order chi connectivity index (χ0) is 12.8. The number of unbranched alkanes of at least 4 members (excludes halogenated alkanes) is 3. The van der Waals surface area contributed by atoms with Gasteiger partial charge < -0.3 is 48.0 Å². The lowest BCUT2D eigenvalue weighted by Crippen LogP contribution is -3.00. The Morgan fingerprint density at radius 1 is 0.700 bits per heavy atom. The summed E-state index contributed by atoms with van der Waals surface area (Å²) in [5.41, 5.74) is 0. The Labute approximate surface area is 155 Å². The van der Waals surface area contributed by atoms with Crippen LogP contribution in [0.2, 0.25) is 0 Å². The fraction of sp³-hybridized carbons (Fsp3) is 0.571. The predicted octanol–water partition coefficient (Wildman–Crippen LogP) is -4.79. The first-order valence-corrected chi connectivity index (χ1v) is 6.76. The largest absolute Gasteiger partial charge is 1.00 e. The van der Waals surface area contributed by atoms with Gasteiger partial charge in [-0.3, -0.25) is 0 Å². The van der Waals surface area contributed by atoms with Gasteiger partial charge in [-0.05, 0) is 25.7 Å². The zero-order valence-electron chi connectivity index (χ0n) is 12.3. The van der Waals surface area contributed by atoms with Crippen molar-refractivity contribution in [1.29, 1.82) is 0 Å². The van der Waals surface area contributed by atoms with E-state index in [0.717, 1.165) is 13.1 Å². The lowest BCUT2D eigenvalue weighted by Gasteiger charge is -1.98. The number of rotatable bonds is 7.